The second kappa shape index (κ2) is 8.02. The van der Waals surface area contributed by atoms with Crippen molar-refractivity contribution >= 4 is 6.08 Å². The van der Waals surface area contributed by atoms with Crippen LogP contribution in [0.25, 0.3) is 6.08 Å². The van der Waals surface area contributed by atoms with Crippen molar-refractivity contribution < 1.29 is 19.3 Å². The maximum atomic E-state index is 10.1. The van der Waals surface area contributed by atoms with Gasteiger partial charge in [-0.2, -0.15) is 0 Å². The van der Waals surface area contributed by atoms with E-state index < -0.39 is 6.10 Å². The molecule has 0 amide bonds. The summed E-state index contributed by atoms with van der Waals surface area (Å²) in [6.07, 6.45) is 3.21. The van der Waals surface area contributed by atoms with Crippen LogP contribution in [0.2, 0.25) is 0 Å². The first-order chi connectivity index (χ1) is 10.2. The van der Waals surface area contributed by atoms with Crippen LogP contribution in [-0.2, 0) is 4.74 Å². The largest absolute Gasteiger partial charge is 0.493 e. The number of hydrogen-bond donors (Lipinski definition) is 1. The van der Waals surface area contributed by atoms with Crippen LogP contribution < -0.4 is 9.47 Å². The summed E-state index contributed by atoms with van der Waals surface area (Å²) in [7, 11) is 3.22. The van der Waals surface area contributed by atoms with Crippen LogP contribution in [0.5, 0.6) is 11.5 Å². The maximum Gasteiger partial charge on any atom is 0.161 e. The molecule has 1 aliphatic heterocycles. The summed E-state index contributed by atoms with van der Waals surface area (Å²) in [5.74, 6) is 1.38. The van der Waals surface area contributed by atoms with Crippen LogP contribution in [0.15, 0.2) is 24.3 Å². The predicted octanol–water partition coefficient (Wildman–Crippen LogP) is 1.41. The van der Waals surface area contributed by atoms with E-state index >= 15 is 0 Å². The zero-order valence-electron chi connectivity index (χ0n) is 12.6. The lowest BCUT2D eigenvalue weighted by Gasteiger charge is -2.27. The van der Waals surface area contributed by atoms with E-state index in [0.29, 0.717) is 18.0 Å². The van der Waals surface area contributed by atoms with E-state index in [4.69, 9.17) is 14.2 Å². The lowest BCUT2D eigenvalue weighted by atomic mass is 10.1. The maximum absolute atomic E-state index is 10.1. The average molecular weight is 293 g/mol. The van der Waals surface area contributed by atoms with Crippen molar-refractivity contribution in [3.63, 3.8) is 0 Å². The molecule has 0 saturated carbocycles. The minimum Gasteiger partial charge on any atom is -0.493 e. The molecule has 5 nitrogen and oxygen atoms in total. The SMILES string of the molecule is COc1ccc(/C=C\C(O)CN2CCOCC2)cc1OC. The average Bonchev–Trinajstić information content (AvgIpc) is 2.53. The molecule has 1 saturated heterocycles. The zero-order chi connectivity index (χ0) is 15.1. The normalized spacial score (nSPS) is 17.9. The van der Waals surface area contributed by atoms with E-state index in [1.54, 1.807) is 20.3 Å². The summed E-state index contributed by atoms with van der Waals surface area (Å²) in [6, 6.07) is 5.67. The number of nitrogens with zero attached hydrogens (tertiary/aromatic N) is 1. The van der Waals surface area contributed by atoms with E-state index in [9.17, 15) is 5.11 Å². The van der Waals surface area contributed by atoms with Crippen LogP contribution in [0, 0.1) is 0 Å². The zero-order valence-corrected chi connectivity index (χ0v) is 12.6. The highest BCUT2D eigenvalue weighted by molar-refractivity contribution is 5.56. The van der Waals surface area contributed by atoms with Crippen molar-refractivity contribution in [3.8, 4) is 11.5 Å². The van der Waals surface area contributed by atoms with Gasteiger partial charge >= 0.3 is 0 Å². The Morgan fingerprint density at radius 3 is 2.62 bits per heavy atom. The van der Waals surface area contributed by atoms with Crippen LogP contribution in [0.1, 0.15) is 5.56 Å². The van der Waals surface area contributed by atoms with Gasteiger partial charge in [0.2, 0.25) is 0 Å². The third-order valence-electron chi connectivity index (χ3n) is 3.47. The smallest absolute Gasteiger partial charge is 0.161 e. The fourth-order valence-corrected chi connectivity index (χ4v) is 2.29. The molecule has 1 atom stereocenters. The number of β-amino-alcohol motifs (C(OH)–C–C–N with tert-alkyl or cyclic N) is 1. The minimum absolute atomic E-state index is 0.490. The molecule has 1 heterocycles. The highest BCUT2D eigenvalue weighted by Gasteiger charge is 2.13. The third kappa shape index (κ3) is 4.74. The molecule has 1 aliphatic rings. The first-order valence-corrected chi connectivity index (χ1v) is 7.11. The number of ether oxygens (including phenoxy) is 3. The van der Waals surface area contributed by atoms with Crippen molar-refractivity contribution in [3.05, 3.63) is 29.8 Å². The van der Waals surface area contributed by atoms with Gasteiger partial charge in [-0.1, -0.05) is 18.2 Å². The summed E-state index contributed by atoms with van der Waals surface area (Å²) in [5, 5.41) is 10.1. The molecule has 1 aromatic rings. The molecule has 0 radical (unpaired) electrons. The van der Waals surface area contributed by atoms with Gasteiger partial charge in [-0.3, -0.25) is 4.90 Å². The van der Waals surface area contributed by atoms with Gasteiger partial charge in [-0.25, -0.2) is 0 Å². The van der Waals surface area contributed by atoms with E-state index in [-0.39, 0.29) is 0 Å². The number of hydrogen-bond acceptors (Lipinski definition) is 5. The highest BCUT2D eigenvalue weighted by atomic mass is 16.5. The van der Waals surface area contributed by atoms with Crippen molar-refractivity contribution in [1.82, 2.24) is 4.90 Å². The molecule has 1 unspecified atom stereocenters. The highest BCUT2D eigenvalue weighted by Crippen LogP contribution is 2.28. The van der Waals surface area contributed by atoms with Crippen LogP contribution in [0.3, 0.4) is 0 Å². The molecule has 0 aromatic heterocycles. The molecule has 1 aromatic carbocycles. The van der Waals surface area contributed by atoms with Gasteiger partial charge in [0, 0.05) is 19.6 Å². The Hall–Kier alpha value is -1.56. The standard InChI is InChI=1S/C16H23NO4/c1-19-15-6-4-13(11-16(15)20-2)3-5-14(18)12-17-7-9-21-10-8-17/h3-6,11,14,18H,7-10,12H2,1-2H3/b5-3-. The molecule has 5 heteroatoms. The Bertz CT molecular complexity index is 469. The van der Waals surface area contributed by atoms with Gasteiger partial charge in [0.05, 0.1) is 33.5 Å². The number of aliphatic hydroxyl groups excluding tert-OH is 1. The molecule has 2 rings (SSSR count). The quantitative estimate of drug-likeness (QED) is 0.859. The van der Waals surface area contributed by atoms with Gasteiger partial charge in [-0.15, -0.1) is 0 Å². The minimum atomic E-state index is -0.490. The Labute approximate surface area is 125 Å². The summed E-state index contributed by atoms with van der Waals surface area (Å²) >= 11 is 0. The Balaban J connectivity index is 1.93. The van der Waals surface area contributed by atoms with E-state index in [2.05, 4.69) is 4.90 Å². The Morgan fingerprint density at radius 2 is 1.95 bits per heavy atom. The molecule has 0 aliphatic carbocycles. The number of rotatable bonds is 6. The Morgan fingerprint density at radius 1 is 1.24 bits per heavy atom. The van der Waals surface area contributed by atoms with Gasteiger partial charge in [0.25, 0.3) is 0 Å². The van der Waals surface area contributed by atoms with E-state index in [0.717, 1.165) is 31.9 Å². The predicted molar refractivity (Wildman–Crippen MR) is 81.8 cm³/mol. The first kappa shape index (κ1) is 15.8. The third-order valence-corrected chi connectivity index (χ3v) is 3.47. The molecular formula is C16H23NO4. The second-order valence-corrected chi connectivity index (χ2v) is 4.95. The second-order valence-electron chi connectivity index (χ2n) is 4.95. The lowest BCUT2D eigenvalue weighted by Crippen LogP contribution is -2.40. The van der Waals surface area contributed by atoms with Crippen molar-refractivity contribution in [2.75, 3.05) is 47.1 Å². The summed E-state index contributed by atoms with van der Waals surface area (Å²) in [4.78, 5) is 2.20. The fourth-order valence-electron chi connectivity index (χ4n) is 2.29. The summed E-state index contributed by atoms with van der Waals surface area (Å²) in [6.45, 7) is 3.87. The van der Waals surface area contributed by atoms with Crippen LogP contribution >= 0.6 is 0 Å². The van der Waals surface area contributed by atoms with Gasteiger partial charge in [-0.05, 0) is 17.7 Å². The molecule has 1 N–H and O–H groups in total. The molecule has 1 fully saturated rings. The monoisotopic (exact) mass is 293 g/mol. The number of methoxy groups -OCH3 is 2. The van der Waals surface area contributed by atoms with Gasteiger partial charge < -0.3 is 19.3 Å². The lowest BCUT2D eigenvalue weighted by molar-refractivity contribution is 0.0223. The summed E-state index contributed by atoms with van der Waals surface area (Å²) in [5.41, 5.74) is 0.966. The van der Waals surface area contributed by atoms with E-state index in [1.807, 2.05) is 24.3 Å². The van der Waals surface area contributed by atoms with Crippen molar-refractivity contribution in [2.24, 2.45) is 0 Å². The Kier molecular flexibility index (Phi) is 6.04. The van der Waals surface area contributed by atoms with Crippen molar-refractivity contribution in [2.45, 2.75) is 6.10 Å². The topological polar surface area (TPSA) is 51.2 Å². The summed E-state index contributed by atoms with van der Waals surface area (Å²) < 4.78 is 15.8. The molecule has 0 bridgehead atoms. The fraction of sp³-hybridized carbons (Fsp3) is 0.500. The molecule has 116 valence electrons. The number of aliphatic hydroxyl groups is 1. The number of benzene rings is 1. The molecular weight excluding hydrogens is 270 g/mol. The molecule has 21 heavy (non-hydrogen) atoms. The van der Waals surface area contributed by atoms with Gasteiger partial charge in [0.1, 0.15) is 0 Å². The molecule has 0 spiro atoms. The van der Waals surface area contributed by atoms with Crippen LogP contribution in [0.4, 0.5) is 0 Å². The van der Waals surface area contributed by atoms with Gasteiger partial charge in [0.15, 0.2) is 11.5 Å². The first-order valence-electron chi connectivity index (χ1n) is 7.11. The van der Waals surface area contributed by atoms with E-state index in [1.165, 1.54) is 0 Å². The van der Waals surface area contributed by atoms with Crippen molar-refractivity contribution in [1.29, 1.82) is 0 Å². The van der Waals surface area contributed by atoms with Crippen LogP contribution in [-0.4, -0.2) is 63.2 Å². The number of morpholine rings is 1.